The molecule has 0 bridgehead atoms. The molecule has 1 saturated heterocycles. The third kappa shape index (κ3) is 5.61. The number of ether oxygens (including phenoxy) is 1. The summed E-state index contributed by atoms with van der Waals surface area (Å²) in [6, 6.07) is 9.59. The van der Waals surface area contributed by atoms with Gasteiger partial charge in [0, 0.05) is 55.9 Å². The number of fused-ring (bicyclic) bond motifs is 1. The standard InChI is InChI=1S/C24H26N8O2.CH4/c1-2-25-24(33)31-23-29-20-13-17(12-19(21(20)30-23)22-26-6-3-7-27-22)16-4-5-18(28-14-16)15-32-8-10-34-11-9-32;/h3-7,12-14H,2,8-11,15H2,1H3,(H3,25,29,30,31,33);1H4. The molecule has 4 heterocycles. The molecule has 182 valence electrons. The molecule has 10 nitrogen and oxygen atoms in total. The highest BCUT2D eigenvalue weighted by atomic mass is 16.5. The minimum Gasteiger partial charge on any atom is -0.379 e. The van der Waals surface area contributed by atoms with Crippen molar-refractivity contribution in [2.75, 3.05) is 38.2 Å². The topological polar surface area (TPSA) is 121 Å². The van der Waals surface area contributed by atoms with Crippen molar-refractivity contribution in [3.05, 3.63) is 54.6 Å². The quantitative estimate of drug-likeness (QED) is 0.390. The van der Waals surface area contributed by atoms with Crippen molar-refractivity contribution in [2.24, 2.45) is 0 Å². The summed E-state index contributed by atoms with van der Waals surface area (Å²) >= 11 is 0. The van der Waals surface area contributed by atoms with Crippen LogP contribution in [0.3, 0.4) is 0 Å². The van der Waals surface area contributed by atoms with E-state index < -0.39 is 0 Å². The summed E-state index contributed by atoms with van der Waals surface area (Å²) in [4.78, 5) is 35.6. The average Bonchev–Trinajstić information content (AvgIpc) is 3.27. The molecule has 1 aliphatic rings. The van der Waals surface area contributed by atoms with Crippen LogP contribution in [0.2, 0.25) is 0 Å². The van der Waals surface area contributed by atoms with Gasteiger partial charge in [0.05, 0.1) is 24.4 Å². The number of H-pyrrole nitrogens is 1. The minimum atomic E-state index is -0.320. The summed E-state index contributed by atoms with van der Waals surface area (Å²) in [6.45, 7) is 6.57. The van der Waals surface area contributed by atoms with Crippen molar-refractivity contribution in [2.45, 2.75) is 20.9 Å². The molecule has 0 aliphatic carbocycles. The molecule has 1 fully saturated rings. The van der Waals surface area contributed by atoms with Crippen LogP contribution in [0.15, 0.2) is 48.9 Å². The van der Waals surface area contributed by atoms with Crippen LogP contribution in [0.1, 0.15) is 20.0 Å². The van der Waals surface area contributed by atoms with E-state index in [1.54, 1.807) is 18.5 Å². The number of aromatic amines is 1. The first-order chi connectivity index (χ1) is 16.7. The van der Waals surface area contributed by atoms with Gasteiger partial charge in [0.1, 0.15) is 5.52 Å². The van der Waals surface area contributed by atoms with Gasteiger partial charge >= 0.3 is 6.03 Å². The van der Waals surface area contributed by atoms with E-state index in [0.29, 0.717) is 23.8 Å². The van der Waals surface area contributed by atoms with E-state index in [1.165, 1.54) is 0 Å². The highest BCUT2D eigenvalue weighted by molar-refractivity contribution is 5.97. The van der Waals surface area contributed by atoms with E-state index in [-0.39, 0.29) is 13.5 Å². The van der Waals surface area contributed by atoms with Crippen LogP contribution >= 0.6 is 0 Å². The molecule has 10 heteroatoms. The number of nitrogens with zero attached hydrogens (tertiary/aromatic N) is 5. The number of benzene rings is 1. The normalized spacial score (nSPS) is 13.9. The van der Waals surface area contributed by atoms with Gasteiger partial charge in [-0.05, 0) is 36.8 Å². The fourth-order valence-electron chi connectivity index (χ4n) is 3.94. The third-order valence-corrected chi connectivity index (χ3v) is 5.61. The zero-order valence-electron chi connectivity index (χ0n) is 18.9. The van der Waals surface area contributed by atoms with Crippen LogP contribution in [0, 0.1) is 0 Å². The zero-order valence-corrected chi connectivity index (χ0v) is 18.9. The van der Waals surface area contributed by atoms with Gasteiger partial charge in [0.2, 0.25) is 5.95 Å². The number of amides is 2. The molecule has 3 N–H and O–H groups in total. The monoisotopic (exact) mass is 474 g/mol. The summed E-state index contributed by atoms with van der Waals surface area (Å²) in [5.74, 6) is 0.913. The average molecular weight is 475 g/mol. The van der Waals surface area contributed by atoms with Crippen LogP contribution in [0.5, 0.6) is 0 Å². The maximum atomic E-state index is 12.0. The van der Waals surface area contributed by atoms with Crippen molar-refractivity contribution in [1.82, 2.24) is 35.1 Å². The number of rotatable bonds is 6. The lowest BCUT2D eigenvalue weighted by atomic mass is 10.0. The predicted molar refractivity (Wildman–Crippen MR) is 136 cm³/mol. The van der Waals surface area contributed by atoms with E-state index in [0.717, 1.165) is 60.7 Å². The number of aromatic nitrogens is 5. The zero-order chi connectivity index (χ0) is 23.3. The molecule has 0 atom stereocenters. The number of nitrogens with one attached hydrogen (secondary N) is 3. The summed E-state index contributed by atoms with van der Waals surface area (Å²) < 4.78 is 5.43. The predicted octanol–water partition coefficient (Wildman–Crippen LogP) is 3.69. The molecule has 2 amide bonds. The highest BCUT2D eigenvalue weighted by Crippen LogP contribution is 2.32. The lowest BCUT2D eigenvalue weighted by molar-refractivity contribution is 0.0336. The molecule has 35 heavy (non-hydrogen) atoms. The number of carbonyl (C=O) groups is 1. The van der Waals surface area contributed by atoms with E-state index in [9.17, 15) is 4.79 Å². The SMILES string of the molecule is C.CCNC(=O)Nc1nc2c(-c3ncccn3)cc(-c3ccc(CN4CCOCC4)nc3)cc2[nH]1. The van der Waals surface area contributed by atoms with Gasteiger partial charge in [-0.1, -0.05) is 13.5 Å². The minimum absolute atomic E-state index is 0. The second-order valence-corrected chi connectivity index (χ2v) is 7.99. The summed E-state index contributed by atoms with van der Waals surface area (Å²) in [5.41, 5.74) is 5.16. The Morgan fingerprint density at radius 2 is 1.91 bits per heavy atom. The lowest BCUT2D eigenvalue weighted by Crippen LogP contribution is -2.35. The molecule has 5 rings (SSSR count). The van der Waals surface area contributed by atoms with Crippen LogP contribution in [-0.4, -0.2) is 68.7 Å². The highest BCUT2D eigenvalue weighted by Gasteiger charge is 2.16. The Bertz CT molecular complexity index is 1270. The molecule has 0 unspecified atom stereocenters. The number of hydrogen-bond donors (Lipinski definition) is 3. The Hall–Kier alpha value is -3.89. The number of carbonyl (C=O) groups excluding carboxylic acids is 1. The fraction of sp³-hybridized carbons (Fsp3) is 0.320. The van der Waals surface area contributed by atoms with Gasteiger partial charge in [0.15, 0.2) is 5.82 Å². The molecule has 1 aromatic carbocycles. The van der Waals surface area contributed by atoms with Crippen molar-refractivity contribution in [1.29, 1.82) is 0 Å². The van der Waals surface area contributed by atoms with Gasteiger partial charge < -0.3 is 15.0 Å². The van der Waals surface area contributed by atoms with E-state index >= 15 is 0 Å². The largest absolute Gasteiger partial charge is 0.379 e. The summed E-state index contributed by atoms with van der Waals surface area (Å²) in [6.07, 6.45) is 5.28. The maximum Gasteiger partial charge on any atom is 0.321 e. The number of anilines is 1. The Morgan fingerprint density at radius 3 is 2.63 bits per heavy atom. The second-order valence-electron chi connectivity index (χ2n) is 7.99. The van der Waals surface area contributed by atoms with E-state index in [4.69, 9.17) is 9.72 Å². The molecular weight excluding hydrogens is 444 g/mol. The summed E-state index contributed by atoms with van der Waals surface area (Å²) in [5, 5.41) is 5.44. The Balaban J connectivity index is 0.00000289. The molecule has 0 spiro atoms. The Morgan fingerprint density at radius 1 is 1.11 bits per heavy atom. The first-order valence-electron chi connectivity index (χ1n) is 11.3. The molecule has 0 saturated carbocycles. The third-order valence-electron chi connectivity index (χ3n) is 5.61. The summed E-state index contributed by atoms with van der Waals surface area (Å²) in [7, 11) is 0. The number of morpholine rings is 1. The fourth-order valence-corrected chi connectivity index (χ4v) is 3.94. The second kappa shape index (κ2) is 11.0. The molecular formula is C25H30N8O2. The molecule has 0 radical (unpaired) electrons. The van der Waals surface area contributed by atoms with E-state index in [1.807, 2.05) is 25.3 Å². The van der Waals surface area contributed by atoms with Crippen LogP contribution < -0.4 is 10.6 Å². The van der Waals surface area contributed by atoms with Crippen LogP contribution in [0.25, 0.3) is 33.5 Å². The van der Waals surface area contributed by atoms with Gasteiger partial charge in [-0.2, -0.15) is 0 Å². The molecule has 1 aliphatic heterocycles. The number of urea groups is 1. The smallest absolute Gasteiger partial charge is 0.321 e. The van der Waals surface area contributed by atoms with Crippen LogP contribution in [0.4, 0.5) is 10.7 Å². The van der Waals surface area contributed by atoms with E-state index in [2.05, 4.69) is 47.6 Å². The van der Waals surface area contributed by atoms with Gasteiger partial charge in [-0.25, -0.2) is 19.7 Å². The Kier molecular flexibility index (Phi) is 7.64. The van der Waals surface area contributed by atoms with Crippen molar-refractivity contribution in [3.63, 3.8) is 0 Å². The number of hydrogen-bond acceptors (Lipinski definition) is 7. The van der Waals surface area contributed by atoms with Crippen molar-refractivity contribution in [3.8, 4) is 22.5 Å². The first-order valence-corrected chi connectivity index (χ1v) is 11.3. The number of pyridine rings is 1. The van der Waals surface area contributed by atoms with Crippen molar-refractivity contribution >= 4 is 23.0 Å². The molecule has 4 aromatic rings. The lowest BCUT2D eigenvalue weighted by Gasteiger charge is -2.26. The van der Waals surface area contributed by atoms with Crippen LogP contribution in [-0.2, 0) is 11.3 Å². The Labute approximate surface area is 204 Å². The van der Waals surface area contributed by atoms with Crippen molar-refractivity contribution < 1.29 is 9.53 Å². The number of imidazole rings is 1. The van der Waals surface area contributed by atoms with Gasteiger partial charge in [0.25, 0.3) is 0 Å². The first kappa shape index (κ1) is 24.2. The molecule has 3 aromatic heterocycles. The van der Waals surface area contributed by atoms with Gasteiger partial charge in [-0.3, -0.25) is 15.2 Å². The van der Waals surface area contributed by atoms with Gasteiger partial charge in [-0.15, -0.1) is 0 Å². The maximum absolute atomic E-state index is 12.0.